The molecule has 0 fully saturated rings. The first-order valence-corrected chi connectivity index (χ1v) is 7.79. The summed E-state index contributed by atoms with van der Waals surface area (Å²) in [5.74, 6) is -0.194. The van der Waals surface area contributed by atoms with Crippen molar-refractivity contribution in [1.29, 1.82) is 0 Å². The molecule has 7 heteroatoms. The van der Waals surface area contributed by atoms with Gasteiger partial charge in [0.1, 0.15) is 11.8 Å². The lowest BCUT2D eigenvalue weighted by molar-refractivity contribution is -0.143. The maximum Gasteiger partial charge on any atom is 0.323 e. The van der Waals surface area contributed by atoms with Crippen LogP contribution in [0.5, 0.6) is 5.75 Å². The van der Waals surface area contributed by atoms with Crippen LogP contribution in [0, 0.1) is 0 Å². The highest BCUT2D eigenvalue weighted by Crippen LogP contribution is 2.24. The Morgan fingerprint density at radius 2 is 1.75 bits per heavy atom. The Morgan fingerprint density at radius 1 is 1.17 bits per heavy atom. The molecule has 0 saturated carbocycles. The average molecular weight is 391 g/mol. The summed E-state index contributed by atoms with van der Waals surface area (Å²) in [6.45, 7) is 0.344. The second-order valence-electron chi connectivity index (χ2n) is 5.03. The number of ether oxygens (including phenoxy) is 1. The minimum Gasteiger partial charge on any atom is -0.508 e. The third-order valence-corrected chi connectivity index (χ3v) is 4.16. The van der Waals surface area contributed by atoms with Gasteiger partial charge in [0.2, 0.25) is 0 Å². The van der Waals surface area contributed by atoms with E-state index in [9.17, 15) is 9.90 Å². The monoisotopic (exact) mass is 389 g/mol. The van der Waals surface area contributed by atoms with Gasteiger partial charge < -0.3 is 9.84 Å². The summed E-state index contributed by atoms with van der Waals surface area (Å²) in [6.07, 6.45) is 0.426. The van der Waals surface area contributed by atoms with Gasteiger partial charge in [-0.1, -0.05) is 41.4 Å². The van der Waals surface area contributed by atoms with Crippen LogP contribution in [0.15, 0.2) is 42.5 Å². The predicted molar refractivity (Wildman–Crippen MR) is 98.2 cm³/mol. The number of carbonyl (C=O) groups excluding carboxylic acids is 1. The van der Waals surface area contributed by atoms with Gasteiger partial charge in [-0.25, -0.2) is 0 Å². The molecule has 0 spiro atoms. The number of phenols is 1. The Morgan fingerprint density at radius 3 is 2.29 bits per heavy atom. The lowest BCUT2D eigenvalue weighted by Gasteiger charge is -2.17. The second kappa shape index (κ2) is 9.74. The van der Waals surface area contributed by atoms with E-state index in [4.69, 9.17) is 27.9 Å². The second-order valence-corrected chi connectivity index (χ2v) is 5.84. The van der Waals surface area contributed by atoms with Crippen LogP contribution in [-0.4, -0.2) is 24.2 Å². The molecule has 24 heavy (non-hydrogen) atoms. The van der Waals surface area contributed by atoms with Crippen molar-refractivity contribution in [1.82, 2.24) is 5.32 Å². The van der Waals surface area contributed by atoms with Gasteiger partial charge in [-0.15, -0.1) is 12.4 Å². The molecule has 0 radical (unpaired) electrons. The standard InChI is InChI=1S/C17H17Cl2NO3.ClH/c1-23-17(22)16(9-11-5-7-12(21)8-6-11)20-10-13-14(18)3-2-4-15(13)19;/h2-8,16,20-21H,9-10H2,1H3;1H. The largest absolute Gasteiger partial charge is 0.508 e. The van der Waals surface area contributed by atoms with Crippen molar-refractivity contribution in [2.45, 2.75) is 19.0 Å². The van der Waals surface area contributed by atoms with E-state index in [2.05, 4.69) is 5.32 Å². The van der Waals surface area contributed by atoms with E-state index in [1.165, 1.54) is 7.11 Å². The summed E-state index contributed by atoms with van der Waals surface area (Å²) in [6, 6.07) is 11.4. The van der Waals surface area contributed by atoms with Crippen LogP contribution in [0.3, 0.4) is 0 Å². The Bertz CT molecular complexity index is 657. The smallest absolute Gasteiger partial charge is 0.323 e. The van der Waals surface area contributed by atoms with E-state index in [-0.39, 0.29) is 24.1 Å². The zero-order chi connectivity index (χ0) is 16.8. The van der Waals surface area contributed by atoms with Gasteiger partial charge in [-0.3, -0.25) is 10.1 Å². The number of carbonyl (C=O) groups is 1. The summed E-state index contributed by atoms with van der Waals surface area (Å²) in [4.78, 5) is 12.0. The Hall–Kier alpha value is -1.46. The van der Waals surface area contributed by atoms with E-state index in [1.54, 1.807) is 42.5 Å². The number of rotatable bonds is 6. The molecule has 2 aromatic carbocycles. The molecule has 4 nitrogen and oxygen atoms in total. The Balaban J connectivity index is 0.00000288. The van der Waals surface area contributed by atoms with E-state index in [0.29, 0.717) is 23.0 Å². The van der Waals surface area contributed by atoms with Gasteiger partial charge in [0.25, 0.3) is 0 Å². The fourth-order valence-corrected chi connectivity index (χ4v) is 2.71. The summed E-state index contributed by atoms with van der Waals surface area (Å²) < 4.78 is 4.84. The molecule has 2 aromatic rings. The van der Waals surface area contributed by atoms with E-state index >= 15 is 0 Å². The predicted octanol–water partition coefficient (Wildman–Crippen LogP) is 3.99. The molecular weight excluding hydrogens is 373 g/mol. The van der Waals surface area contributed by atoms with Gasteiger partial charge in [-0.2, -0.15) is 0 Å². The highest BCUT2D eigenvalue weighted by molar-refractivity contribution is 6.35. The Kier molecular flexibility index (Phi) is 8.36. The quantitative estimate of drug-likeness (QED) is 0.732. The van der Waals surface area contributed by atoms with Crippen molar-refractivity contribution in [3.63, 3.8) is 0 Å². The molecule has 0 aliphatic rings. The summed E-state index contributed by atoms with van der Waals surface area (Å²) >= 11 is 12.3. The highest BCUT2D eigenvalue weighted by Gasteiger charge is 2.20. The molecule has 130 valence electrons. The van der Waals surface area contributed by atoms with Crippen LogP contribution >= 0.6 is 35.6 Å². The van der Waals surface area contributed by atoms with Crippen molar-refractivity contribution in [3.8, 4) is 5.75 Å². The third-order valence-electron chi connectivity index (χ3n) is 3.45. The number of benzene rings is 2. The van der Waals surface area contributed by atoms with Crippen molar-refractivity contribution in [2.24, 2.45) is 0 Å². The number of hydrogen-bond donors (Lipinski definition) is 2. The molecule has 0 amide bonds. The van der Waals surface area contributed by atoms with Crippen molar-refractivity contribution < 1.29 is 14.6 Å². The van der Waals surface area contributed by atoms with Crippen LogP contribution in [0.1, 0.15) is 11.1 Å². The lowest BCUT2D eigenvalue weighted by atomic mass is 10.1. The molecule has 0 aliphatic heterocycles. The molecule has 0 saturated heterocycles. The van der Waals surface area contributed by atoms with E-state index in [0.717, 1.165) is 11.1 Å². The molecule has 1 atom stereocenters. The maximum absolute atomic E-state index is 12.0. The van der Waals surface area contributed by atoms with Crippen LogP contribution < -0.4 is 5.32 Å². The molecule has 0 heterocycles. The fraction of sp³-hybridized carbons (Fsp3) is 0.235. The number of esters is 1. The average Bonchev–Trinajstić information content (AvgIpc) is 2.54. The molecule has 2 rings (SSSR count). The zero-order valence-corrected chi connectivity index (χ0v) is 15.3. The summed E-state index contributed by atoms with van der Waals surface area (Å²) in [7, 11) is 1.34. The van der Waals surface area contributed by atoms with Gasteiger partial charge in [0.05, 0.1) is 7.11 Å². The molecule has 2 N–H and O–H groups in total. The first kappa shape index (κ1) is 20.6. The van der Waals surface area contributed by atoms with Gasteiger partial charge >= 0.3 is 5.97 Å². The molecule has 0 aliphatic carbocycles. The first-order chi connectivity index (χ1) is 11.0. The maximum atomic E-state index is 12.0. The normalized spacial score (nSPS) is 11.5. The molecular formula is C17H18Cl3NO3. The number of hydrogen-bond acceptors (Lipinski definition) is 4. The summed E-state index contributed by atoms with van der Waals surface area (Å²) in [5, 5.41) is 13.5. The summed E-state index contributed by atoms with van der Waals surface area (Å²) in [5.41, 5.74) is 1.63. The fourth-order valence-electron chi connectivity index (χ4n) is 2.18. The minimum absolute atomic E-state index is 0. The number of nitrogens with one attached hydrogen (secondary N) is 1. The lowest BCUT2D eigenvalue weighted by Crippen LogP contribution is -2.39. The molecule has 1 unspecified atom stereocenters. The van der Waals surface area contributed by atoms with E-state index < -0.39 is 6.04 Å². The third kappa shape index (κ3) is 5.56. The minimum atomic E-state index is -0.545. The molecule has 0 aromatic heterocycles. The van der Waals surface area contributed by atoms with Crippen LogP contribution in [0.4, 0.5) is 0 Å². The van der Waals surface area contributed by atoms with Crippen LogP contribution in [-0.2, 0) is 22.5 Å². The highest BCUT2D eigenvalue weighted by atomic mass is 35.5. The van der Waals surface area contributed by atoms with Gasteiger partial charge in [-0.05, 0) is 36.2 Å². The zero-order valence-electron chi connectivity index (χ0n) is 13.0. The number of methoxy groups -OCH3 is 1. The number of phenolic OH excluding ortho intramolecular Hbond substituents is 1. The Labute approximate surface area is 157 Å². The van der Waals surface area contributed by atoms with Crippen molar-refractivity contribution >= 4 is 41.6 Å². The van der Waals surface area contributed by atoms with E-state index in [1.807, 2.05) is 0 Å². The number of aromatic hydroxyl groups is 1. The van der Waals surface area contributed by atoms with Crippen LogP contribution in [0.25, 0.3) is 0 Å². The van der Waals surface area contributed by atoms with Crippen LogP contribution in [0.2, 0.25) is 10.0 Å². The van der Waals surface area contributed by atoms with Crippen molar-refractivity contribution in [2.75, 3.05) is 7.11 Å². The topological polar surface area (TPSA) is 58.6 Å². The first-order valence-electron chi connectivity index (χ1n) is 7.03. The van der Waals surface area contributed by atoms with Gasteiger partial charge in [0.15, 0.2) is 0 Å². The SMILES string of the molecule is COC(=O)C(Cc1ccc(O)cc1)NCc1c(Cl)cccc1Cl.Cl. The number of halogens is 3. The van der Waals surface area contributed by atoms with Gasteiger partial charge in [0, 0.05) is 22.2 Å². The molecule has 0 bridgehead atoms. The van der Waals surface area contributed by atoms with Crippen molar-refractivity contribution in [3.05, 3.63) is 63.6 Å².